The Bertz CT molecular complexity index is 40.4. The lowest BCUT2D eigenvalue weighted by molar-refractivity contribution is 0.886. The summed E-state index contributed by atoms with van der Waals surface area (Å²) in [5.74, 6) is 0. The molecule has 0 spiro atoms. The summed E-state index contributed by atoms with van der Waals surface area (Å²) in [7, 11) is 0. The van der Waals surface area contributed by atoms with Crippen LogP contribution in [0.25, 0.3) is 0 Å². The third kappa shape index (κ3) is 16200. The Hall–Kier alpha value is 0. The molecule has 0 rings (SSSR count). The molecule has 0 atom stereocenters. The molecule has 0 heterocycles. The molecule has 0 fully saturated rings. The molecule has 28 heavy (non-hydrogen) atoms. The molecule has 0 saturated heterocycles. The van der Waals surface area contributed by atoms with Crippen molar-refractivity contribution >= 4 is 0 Å². The third-order valence-electron chi connectivity index (χ3n) is 0.500. The normalized spacial score (nSPS) is 6.21. The zero-order valence-corrected chi connectivity index (χ0v) is 25.1. The first-order valence-corrected chi connectivity index (χ1v) is 13.2. The Labute approximate surface area is 189 Å². The van der Waals surface area contributed by atoms with Crippen molar-refractivity contribution in [2.24, 2.45) is 0 Å². The second kappa shape index (κ2) is 183. The first-order valence-electron chi connectivity index (χ1n) is 13.2. The van der Waals surface area contributed by atoms with Gasteiger partial charge in [-0.15, -0.1) is 0 Å². The van der Waals surface area contributed by atoms with E-state index in [1.165, 1.54) is 64.2 Å². The van der Waals surface area contributed by atoms with Crippen LogP contribution in [-0.2, 0) is 0 Å². The SMILES string of the molecule is CCC.CCC.CCC.CCC.CCC.CCC.CCC.CCC.CCCC. The molecule has 0 aliphatic heterocycles. The van der Waals surface area contributed by atoms with Crippen LogP contribution in [0.5, 0.6) is 0 Å². The van der Waals surface area contributed by atoms with E-state index in [1.807, 2.05) is 0 Å². The summed E-state index contributed by atoms with van der Waals surface area (Å²) in [5, 5.41) is 0. The van der Waals surface area contributed by atoms with Crippen molar-refractivity contribution in [2.75, 3.05) is 0 Å². The van der Waals surface area contributed by atoms with Crippen LogP contribution in [-0.4, -0.2) is 0 Å². The Morgan fingerprint density at radius 3 is 0.214 bits per heavy atom. The van der Waals surface area contributed by atoms with Crippen LogP contribution in [0.4, 0.5) is 0 Å². The molecule has 0 aromatic rings. The second-order valence-electron chi connectivity index (χ2n) is 6.66. The van der Waals surface area contributed by atoms with Gasteiger partial charge in [-0.3, -0.25) is 0 Å². The second-order valence-corrected chi connectivity index (χ2v) is 6.66. The maximum atomic E-state index is 2.18. The smallest absolute Gasteiger partial charge is 0.0564 e. The number of hydrogen-bond acceptors (Lipinski definition) is 0. The lowest BCUT2D eigenvalue weighted by Gasteiger charge is -1.68. The van der Waals surface area contributed by atoms with Crippen LogP contribution < -0.4 is 0 Å². The summed E-state index contributed by atoms with van der Waals surface area (Å²) in [5.41, 5.74) is 0. The van der Waals surface area contributed by atoms with E-state index in [2.05, 4.69) is 125 Å². The minimum Gasteiger partial charge on any atom is -0.0656 e. The monoisotopic (exact) mass is 411 g/mol. The molecule has 0 N–H and O–H groups in total. The summed E-state index contributed by atoms with van der Waals surface area (Å²) >= 11 is 0. The fourth-order valence-electron chi connectivity index (χ4n) is 0. The van der Waals surface area contributed by atoms with Gasteiger partial charge in [0, 0.05) is 0 Å². The molecule has 0 nitrogen and oxygen atoms in total. The minimum atomic E-state index is 1.25. The largest absolute Gasteiger partial charge is 0.0656 e. The topological polar surface area (TPSA) is 0 Å². The number of unbranched alkanes of at least 4 members (excludes halogenated alkanes) is 1. The van der Waals surface area contributed by atoms with Gasteiger partial charge in [0.2, 0.25) is 0 Å². The molecule has 0 radical (unpaired) electrons. The van der Waals surface area contributed by atoms with Crippen molar-refractivity contribution in [3.8, 4) is 0 Å². The van der Waals surface area contributed by atoms with Crippen LogP contribution in [0.3, 0.4) is 0 Å². The van der Waals surface area contributed by atoms with Gasteiger partial charge in [0.05, 0.1) is 0 Å². The molecule has 0 aromatic carbocycles. The van der Waals surface area contributed by atoms with Crippen LogP contribution in [0, 0.1) is 0 Å². The van der Waals surface area contributed by atoms with E-state index in [4.69, 9.17) is 0 Å². The summed E-state index contributed by atoms with van der Waals surface area (Å²) in [6.45, 7) is 38.4. The number of rotatable bonds is 1. The van der Waals surface area contributed by atoms with Gasteiger partial charge in [0.1, 0.15) is 0 Å². The third-order valence-corrected chi connectivity index (χ3v) is 0.500. The van der Waals surface area contributed by atoms with Gasteiger partial charge in [0.15, 0.2) is 0 Å². The highest BCUT2D eigenvalue weighted by molar-refractivity contribution is 4.12. The predicted octanol–water partition coefficient (Wildman–Crippen LogP) is 13.1. The Morgan fingerprint density at radius 2 is 0.214 bits per heavy atom. The van der Waals surface area contributed by atoms with Gasteiger partial charge in [-0.05, 0) is 0 Å². The summed E-state index contributed by atoms with van der Waals surface area (Å²) in [4.78, 5) is 0. The minimum absolute atomic E-state index is 1.25. The van der Waals surface area contributed by atoms with E-state index >= 15 is 0 Å². The maximum Gasteiger partial charge on any atom is -0.0564 e. The van der Waals surface area contributed by atoms with Crippen LogP contribution in [0.2, 0.25) is 0 Å². The van der Waals surface area contributed by atoms with Crippen molar-refractivity contribution in [3.05, 3.63) is 0 Å². The fraction of sp³-hybridized carbons (Fsp3) is 1.00. The Morgan fingerprint density at radius 1 is 0.179 bits per heavy atom. The molecule has 0 bridgehead atoms. The molecule has 0 aromatic heterocycles. The molecule has 0 amide bonds. The first kappa shape index (κ1) is 56.5. The molecular weight excluding hydrogens is 336 g/mol. The molecule has 0 aliphatic rings. The van der Waals surface area contributed by atoms with Gasteiger partial charge in [-0.1, -0.05) is 189 Å². The van der Waals surface area contributed by atoms with Crippen molar-refractivity contribution < 1.29 is 0 Å². The summed E-state index contributed by atoms with van der Waals surface area (Å²) in [6.07, 6.45) is 12.6. The van der Waals surface area contributed by atoms with Gasteiger partial charge in [0.25, 0.3) is 0 Å². The van der Waals surface area contributed by atoms with E-state index in [1.54, 1.807) is 0 Å². The van der Waals surface area contributed by atoms with Crippen molar-refractivity contribution in [3.63, 3.8) is 0 Å². The highest BCUT2D eigenvalue weighted by Gasteiger charge is 1.56. The molecular formula is C28H74. The van der Waals surface area contributed by atoms with Crippen molar-refractivity contribution in [2.45, 2.75) is 189 Å². The average Bonchev–Trinajstić information content (AvgIpc) is 2.60. The average molecular weight is 411 g/mol. The van der Waals surface area contributed by atoms with Crippen LogP contribution in [0.15, 0.2) is 0 Å². The Balaban J connectivity index is -0.0000000208. The molecule has 0 heteroatoms. The molecule has 186 valence electrons. The van der Waals surface area contributed by atoms with E-state index in [-0.39, 0.29) is 0 Å². The van der Waals surface area contributed by atoms with Crippen molar-refractivity contribution in [1.29, 1.82) is 0 Å². The molecule has 0 aliphatic carbocycles. The maximum absolute atomic E-state index is 2.18. The zero-order chi connectivity index (χ0) is 25.1. The van der Waals surface area contributed by atoms with Gasteiger partial charge in [-0.2, -0.15) is 0 Å². The van der Waals surface area contributed by atoms with E-state index in [9.17, 15) is 0 Å². The highest BCUT2D eigenvalue weighted by Crippen LogP contribution is 1.76. The van der Waals surface area contributed by atoms with Crippen molar-refractivity contribution in [1.82, 2.24) is 0 Å². The predicted molar refractivity (Wildman–Crippen MR) is 148 cm³/mol. The van der Waals surface area contributed by atoms with Crippen LogP contribution in [0.1, 0.15) is 189 Å². The summed E-state index contributed by atoms with van der Waals surface area (Å²) in [6, 6.07) is 0. The lowest BCUT2D eigenvalue weighted by atomic mass is 10.4. The zero-order valence-electron chi connectivity index (χ0n) is 25.1. The molecule has 0 unspecified atom stereocenters. The van der Waals surface area contributed by atoms with Crippen LogP contribution >= 0.6 is 0 Å². The van der Waals surface area contributed by atoms with E-state index in [0.717, 1.165) is 0 Å². The van der Waals surface area contributed by atoms with E-state index < -0.39 is 0 Å². The van der Waals surface area contributed by atoms with Gasteiger partial charge >= 0.3 is 0 Å². The highest BCUT2D eigenvalue weighted by atomic mass is 13.6. The Kier molecular flexibility index (Phi) is 369. The number of hydrogen-bond donors (Lipinski definition) is 0. The lowest BCUT2D eigenvalue weighted by Crippen LogP contribution is -1.47. The first-order chi connectivity index (χ1) is 13.2. The molecule has 0 saturated carbocycles. The van der Waals surface area contributed by atoms with Gasteiger partial charge < -0.3 is 0 Å². The summed E-state index contributed by atoms with van der Waals surface area (Å²) < 4.78 is 0. The van der Waals surface area contributed by atoms with Gasteiger partial charge in [-0.25, -0.2) is 0 Å². The van der Waals surface area contributed by atoms with E-state index in [0.29, 0.717) is 0 Å². The standard InChI is InChI=1S/C4H10.8C3H8/c1-3-4-2;8*1-3-2/h3-4H2,1-2H3;8*3H2,1-2H3. The fourth-order valence-corrected chi connectivity index (χ4v) is 0. The quantitative estimate of drug-likeness (QED) is 0.403.